The molecule has 270 valence electrons. The Hall–Kier alpha value is -0.710. The summed E-state index contributed by atoms with van der Waals surface area (Å²) in [4.78, 5) is 11.9. The quantitative estimate of drug-likeness (QED) is 0.0452. The largest absolute Gasteiger partial charge is 0.479 e. The van der Waals surface area contributed by atoms with Crippen molar-refractivity contribution in [2.75, 3.05) is 11.5 Å². The van der Waals surface area contributed by atoms with E-state index in [-0.39, 0.29) is 11.5 Å². The van der Waals surface area contributed by atoms with Crippen LogP contribution in [0, 0.1) is 0 Å². The maximum absolute atomic E-state index is 12.6. The van der Waals surface area contributed by atoms with Crippen LogP contribution in [0.25, 0.3) is 0 Å². The minimum atomic E-state index is -3.98. The Kier molecular flexibility index (Phi) is 27.9. The highest BCUT2D eigenvalue weighted by molar-refractivity contribution is 7.90. The van der Waals surface area contributed by atoms with Crippen molar-refractivity contribution in [3.05, 3.63) is 0 Å². The molecule has 3 N–H and O–H groups in total. The van der Waals surface area contributed by atoms with Gasteiger partial charge < -0.3 is 5.11 Å². The molecule has 8 nitrogen and oxygen atoms in total. The van der Waals surface area contributed by atoms with Crippen LogP contribution in [-0.4, -0.2) is 45.1 Å². The highest BCUT2D eigenvalue weighted by Gasteiger charge is 2.40. The van der Waals surface area contributed by atoms with E-state index >= 15 is 0 Å². The van der Waals surface area contributed by atoms with Crippen molar-refractivity contribution >= 4 is 26.0 Å². The molecule has 0 heterocycles. The number of sulfonamides is 2. The van der Waals surface area contributed by atoms with Crippen LogP contribution in [-0.2, 0) is 24.8 Å². The number of hydrogen-bond acceptors (Lipinski definition) is 5. The second-order valence-electron chi connectivity index (χ2n) is 13.5. The molecule has 0 spiro atoms. The average Bonchev–Trinajstić information content (AvgIpc) is 2.96. The number of nitrogens with one attached hydrogen (secondary N) is 2. The topological polar surface area (TPSA) is 130 Å². The van der Waals surface area contributed by atoms with Gasteiger partial charge in [-0.15, -0.1) is 0 Å². The van der Waals surface area contributed by atoms with Gasteiger partial charge in [0.15, 0.2) is 5.66 Å². The lowest BCUT2D eigenvalue weighted by Gasteiger charge is -2.27. The molecule has 45 heavy (non-hydrogen) atoms. The van der Waals surface area contributed by atoms with Crippen molar-refractivity contribution in [3.63, 3.8) is 0 Å². The second-order valence-corrected chi connectivity index (χ2v) is 17.1. The number of rotatable bonds is 35. The summed E-state index contributed by atoms with van der Waals surface area (Å²) < 4.78 is 54.8. The van der Waals surface area contributed by atoms with Crippen molar-refractivity contribution in [2.24, 2.45) is 0 Å². The molecule has 0 amide bonds. The summed E-state index contributed by atoms with van der Waals surface area (Å²) in [6, 6.07) is 0. The van der Waals surface area contributed by atoms with Gasteiger partial charge >= 0.3 is 5.97 Å². The first-order valence-electron chi connectivity index (χ1n) is 18.7. The third-order valence-corrected chi connectivity index (χ3v) is 11.8. The summed E-state index contributed by atoms with van der Waals surface area (Å²) >= 11 is 0. The molecule has 0 rings (SSSR count). The molecule has 0 aromatic rings. The molecule has 0 bridgehead atoms. The van der Waals surface area contributed by atoms with Crippen LogP contribution >= 0.6 is 0 Å². The summed E-state index contributed by atoms with van der Waals surface area (Å²) in [7, 11) is -7.96. The summed E-state index contributed by atoms with van der Waals surface area (Å²) in [5.41, 5.74) is -2.32. The lowest BCUT2D eigenvalue weighted by Crippen LogP contribution is -2.63. The van der Waals surface area contributed by atoms with Crippen LogP contribution in [0.3, 0.4) is 0 Å². The molecule has 0 aliphatic rings. The van der Waals surface area contributed by atoms with E-state index in [0.717, 1.165) is 58.3 Å². The smallest absolute Gasteiger partial charge is 0.340 e. The van der Waals surface area contributed by atoms with E-state index in [2.05, 4.69) is 23.3 Å². The number of hydrogen-bond donors (Lipinski definition) is 3. The van der Waals surface area contributed by atoms with Gasteiger partial charge in [0.25, 0.3) is 0 Å². The molecule has 0 unspecified atom stereocenters. The number of carboxylic acid groups (broad SMARTS) is 1. The molecular formula is C35H72N2O6S2. The van der Waals surface area contributed by atoms with Crippen molar-refractivity contribution in [1.82, 2.24) is 9.44 Å². The summed E-state index contributed by atoms with van der Waals surface area (Å²) in [6.07, 6.45) is 32.1. The summed E-state index contributed by atoms with van der Waals surface area (Å²) in [5.74, 6) is -2.03. The van der Waals surface area contributed by atoms with Gasteiger partial charge in [-0.25, -0.2) is 21.6 Å². The Morgan fingerprint density at radius 1 is 0.444 bits per heavy atom. The van der Waals surface area contributed by atoms with Gasteiger partial charge in [-0.1, -0.05) is 181 Å². The first-order chi connectivity index (χ1) is 21.5. The number of aliphatic carboxylic acids is 1. The molecule has 0 aromatic heterocycles. The normalized spacial score (nSPS) is 12.6. The van der Waals surface area contributed by atoms with Gasteiger partial charge in [0.1, 0.15) is 0 Å². The molecule has 0 aromatic carbocycles. The fourth-order valence-corrected chi connectivity index (χ4v) is 8.76. The lowest BCUT2D eigenvalue weighted by atomic mass is 10.0. The van der Waals surface area contributed by atoms with Crippen molar-refractivity contribution in [2.45, 2.75) is 206 Å². The highest BCUT2D eigenvalue weighted by atomic mass is 32.2. The molecule has 10 heteroatoms. The number of carboxylic acids is 1. The number of carbonyl (C=O) groups is 1. The monoisotopic (exact) mass is 680 g/mol. The molecule has 0 saturated heterocycles. The zero-order valence-corrected chi connectivity index (χ0v) is 31.2. The SMILES string of the molecule is CCCCCCCCCCCCCCCCS(=O)(=O)NC(C)(NS(=O)(=O)CCCCCCCCCCCCCCCC)C(=O)O. The minimum Gasteiger partial charge on any atom is -0.479 e. The maximum Gasteiger partial charge on any atom is 0.340 e. The van der Waals surface area contributed by atoms with Crippen molar-refractivity contribution in [3.8, 4) is 0 Å². The van der Waals surface area contributed by atoms with Crippen molar-refractivity contribution < 1.29 is 26.7 Å². The van der Waals surface area contributed by atoms with E-state index < -0.39 is 31.7 Å². The van der Waals surface area contributed by atoms with E-state index in [4.69, 9.17) is 0 Å². The zero-order valence-electron chi connectivity index (χ0n) is 29.5. The van der Waals surface area contributed by atoms with E-state index in [0.29, 0.717) is 12.8 Å². The molecule has 0 fully saturated rings. The van der Waals surface area contributed by atoms with E-state index in [1.165, 1.54) is 116 Å². The third-order valence-electron chi connectivity index (χ3n) is 8.68. The third kappa shape index (κ3) is 28.1. The first-order valence-corrected chi connectivity index (χ1v) is 22.0. The Balaban J connectivity index is 4.10. The van der Waals surface area contributed by atoms with Gasteiger partial charge in [-0.3, -0.25) is 0 Å². The fourth-order valence-electron chi connectivity index (χ4n) is 5.81. The van der Waals surface area contributed by atoms with Crippen LogP contribution in [0.2, 0.25) is 0 Å². The van der Waals surface area contributed by atoms with Crippen LogP contribution in [0.1, 0.15) is 201 Å². The zero-order chi connectivity index (χ0) is 33.7. The van der Waals surface area contributed by atoms with Gasteiger partial charge in [0.05, 0.1) is 11.5 Å². The van der Waals surface area contributed by atoms with Crippen molar-refractivity contribution in [1.29, 1.82) is 0 Å². The fraction of sp³-hybridized carbons (Fsp3) is 0.971. The van der Waals surface area contributed by atoms with Gasteiger partial charge in [-0.2, -0.15) is 9.44 Å². The maximum atomic E-state index is 12.6. The van der Waals surface area contributed by atoms with E-state index in [9.17, 15) is 26.7 Å². The van der Waals surface area contributed by atoms with Crippen LogP contribution in [0.15, 0.2) is 0 Å². The Morgan fingerprint density at radius 3 is 0.844 bits per heavy atom. The molecule has 0 radical (unpaired) electrons. The predicted octanol–water partition coefficient (Wildman–Crippen LogP) is 9.59. The second kappa shape index (κ2) is 28.3. The van der Waals surface area contributed by atoms with Gasteiger partial charge in [0, 0.05) is 0 Å². The summed E-state index contributed by atoms with van der Waals surface area (Å²) in [5, 5.41) is 9.69. The number of unbranched alkanes of at least 4 members (excludes halogenated alkanes) is 26. The van der Waals surface area contributed by atoms with Gasteiger partial charge in [-0.05, 0) is 19.8 Å². The van der Waals surface area contributed by atoms with Crippen LogP contribution in [0.4, 0.5) is 0 Å². The Morgan fingerprint density at radius 2 is 0.644 bits per heavy atom. The Bertz CT molecular complexity index is 845. The van der Waals surface area contributed by atoms with Crippen LogP contribution in [0.5, 0.6) is 0 Å². The van der Waals surface area contributed by atoms with E-state index in [1.54, 1.807) is 0 Å². The predicted molar refractivity (Wildman–Crippen MR) is 191 cm³/mol. The molecule has 0 aliphatic carbocycles. The summed E-state index contributed by atoms with van der Waals surface area (Å²) in [6.45, 7) is 5.53. The highest BCUT2D eigenvalue weighted by Crippen LogP contribution is 2.15. The van der Waals surface area contributed by atoms with Gasteiger partial charge in [0.2, 0.25) is 20.0 Å². The molecule has 0 saturated carbocycles. The molecule has 0 aliphatic heterocycles. The minimum absolute atomic E-state index is 0.228. The standard InChI is InChI=1S/C35H72N2O6S2/c1-4-6-8-10-12-14-16-18-20-22-24-26-28-30-32-44(40,41)36-35(3,34(38)39)37-45(42,43)33-31-29-27-25-23-21-19-17-15-13-11-9-7-5-2/h36-37H,4-33H2,1-3H3,(H,38,39). The van der Waals surface area contributed by atoms with Crippen LogP contribution < -0.4 is 9.44 Å². The lowest BCUT2D eigenvalue weighted by molar-refractivity contribution is -0.143. The molecular weight excluding hydrogens is 609 g/mol. The first kappa shape index (κ1) is 44.3. The van der Waals surface area contributed by atoms with E-state index in [1.807, 2.05) is 0 Å². The average molecular weight is 681 g/mol. The molecule has 0 atom stereocenters. The Labute approximate surface area is 279 Å².